The number of piperidine rings is 1. The molecule has 29 heavy (non-hydrogen) atoms. The SMILES string of the molecule is CCN(CC)[C@@H](CNC(=O)Nc1cccc(N2CCCCC2=O)c1)c1ccsc1. The second-order valence-corrected chi connectivity index (χ2v) is 7.96. The van der Waals surface area contributed by atoms with Crippen molar-refractivity contribution in [3.05, 3.63) is 46.7 Å². The number of hydrogen-bond acceptors (Lipinski definition) is 4. The summed E-state index contributed by atoms with van der Waals surface area (Å²) in [6.07, 6.45) is 2.56. The zero-order valence-corrected chi connectivity index (χ0v) is 18.0. The molecule has 2 aromatic rings. The molecule has 1 aliphatic rings. The first-order chi connectivity index (χ1) is 14.1. The standard InChI is InChI=1S/C22H30N4O2S/c1-3-25(4-2)20(17-11-13-29-16-17)15-23-22(28)24-18-8-7-9-19(14-18)26-12-6-5-10-21(26)27/h7-9,11,13-14,16,20H,3-6,10,12,15H2,1-2H3,(H2,23,24,28)/t20-/m0/s1. The van der Waals surface area contributed by atoms with E-state index in [0.29, 0.717) is 18.7 Å². The molecule has 0 radical (unpaired) electrons. The van der Waals surface area contributed by atoms with E-state index in [-0.39, 0.29) is 18.0 Å². The van der Waals surface area contributed by atoms with Crippen LogP contribution >= 0.6 is 11.3 Å². The predicted octanol–water partition coefficient (Wildman–Crippen LogP) is 4.47. The average molecular weight is 415 g/mol. The number of rotatable bonds is 8. The summed E-state index contributed by atoms with van der Waals surface area (Å²) in [5, 5.41) is 10.1. The van der Waals surface area contributed by atoms with Gasteiger partial charge in [-0.3, -0.25) is 9.69 Å². The zero-order chi connectivity index (χ0) is 20.6. The van der Waals surface area contributed by atoms with Crippen molar-refractivity contribution in [2.75, 3.05) is 36.4 Å². The molecule has 6 nitrogen and oxygen atoms in total. The minimum Gasteiger partial charge on any atom is -0.336 e. The van der Waals surface area contributed by atoms with Crippen molar-refractivity contribution in [1.82, 2.24) is 10.2 Å². The molecule has 0 aliphatic carbocycles. The highest BCUT2D eigenvalue weighted by molar-refractivity contribution is 7.08. The summed E-state index contributed by atoms with van der Waals surface area (Å²) >= 11 is 1.67. The van der Waals surface area contributed by atoms with Crippen LogP contribution in [0.3, 0.4) is 0 Å². The molecule has 1 aliphatic heterocycles. The number of anilines is 2. The zero-order valence-electron chi connectivity index (χ0n) is 17.2. The van der Waals surface area contributed by atoms with Crippen molar-refractivity contribution in [2.45, 2.75) is 39.2 Å². The van der Waals surface area contributed by atoms with Crippen LogP contribution < -0.4 is 15.5 Å². The lowest BCUT2D eigenvalue weighted by molar-refractivity contribution is -0.119. The van der Waals surface area contributed by atoms with Crippen molar-refractivity contribution < 1.29 is 9.59 Å². The van der Waals surface area contributed by atoms with Crippen LogP contribution in [0, 0.1) is 0 Å². The number of benzene rings is 1. The Hall–Kier alpha value is -2.38. The molecule has 0 saturated carbocycles. The van der Waals surface area contributed by atoms with Gasteiger partial charge in [0.05, 0.1) is 6.04 Å². The maximum Gasteiger partial charge on any atom is 0.319 e. The number of nitrogens with one attached hydrogen (secondary N) is 2. The Kier molecular flexibility index (Phi) is 7.66. The molecular weight excluding hydrogens is 384 g/mol. The van der Waals surface area contributed by atoms with Crippen molar-refractivity contribution >= 4 is 34.6 Å². The van der Waals surface area contributed by atoms with Gasteiger partial charge in [-0.05, 0) is 66.5 Å². The van der Waals surface area contributed by atoms with Gasteiger partial charge in [-0.15, -0.1) is 0 Å². The molecule has 2 heterocycles. The number of thiophene rings is 1. The Labute approximate surface area is 176 Å². The molecule has 3 rings (SSSR count). The van der Waals surface area contributed by atoms with E-state index in [1.807, 2.05) is 24.3 Å². The number of amides is 3. The van der Waals surface area contributed by atoms with Crippen molar-refractivity contribution in [1.29, 1.82) is 0 Å². The molecule has 1 saturated heterocycles. The van der Waals surface area contributed by atoms with Gasteiger partial charge in [0.15, 0.2) is 0 Å². The lowest BCUT2D eigenvalue weighted by Gasteiger charge is -2.29. The topological polar surface area (TPSA) is 64.7 Å². The van der Waals surface area contributed by atoms with E-state index in [2.05, 4.69) is 46.2 Å². The van der Waals surface area contributed by atoms with Crippen molar-refractivity contribution in [2.24, 2.45) is 0 Å². The van der Waals surface area contributed by atoms with Gasteiger partial charge in [-0.2, -0.15) is 11.3 Å². The Morgan fingerprint density at radius 3 is 2.76 bits per heavy atom. The van der Waals surface area contributed by atoms with Gasteiger partial charge in [0.25, 0.3) is 0 Å². The van der Waals surface area contributed by atoms with Crippen molar-refractivity contribution in [3.63, 3.8) is 0 Å². The lowest BCUT2D eigenvalue weighted by atomic mass is 10.1. The van der Waals surface area contributed by atoms with Gasteiger partial charge < -0.3 is 15.5 Å². The van der Waals surface area contributed by atoms with Crippen LogP contribution in [0.1, 0.15) is 44.7 Å². The van der Waals surface area contributed by atoms with E-state index in [1.165, 1.54) is 5.56 Å². The Morgan fingerprint density at radius 1 is 1.24 bits per heavy atom. The molecule has 156 valence electrons. The van der Waals surface area contributed by atoms with Crippen LogP contribution in [0.25, 0.3) is 0 Å². The first-order valence-electron chi connectivity index (χ1n) is 10.3. The van der Waals surface area contributed by atoms with Gasteiger partial charge in [-0.1, -0.05) is 19.9 Å². The second kappa shape index (κ2) is 10.4. The fourth-order valence-electron chi connectivity index (χ4n) is 3.78. The van der Waals surface area contributed by atoms with E-state index in [0.717, 1.165) is 38.2 Å². The number of nitrogens with zero attached hydrogens (tertiary/aromatic N) is 2. The van der Waals surface area contributed by atoms with Gasteiger partial charge in [0.1, 0.15) is 0 Å². The highest BCUT2D eigenvalue weighted by Gasteiger charge is 2.21. The first kappa shape index (κ1) is 21.3. The van der Waals surface area contributed by atoms with Gasteiger partial charge in [0, 0.05) is 30.9 Å². The minimum atomic E-state index is -0.237. The second-order valence-electron chi connectivity index (χ2n) is 7.18. The minimum absolute atomic E-state index is 0.149. The fourth-order valence-corrected chi connectivity index (χ4v) is 4.49. The van der Waals surface area contributed by atoms with Crippen LogP contribution in [0.2, 0.25) is 0 Å². The summed E-state index contributed by atoms with van der Waals surface area (Å²) in [6, 6.07) is 9.53. The van der Waals surface area contributed by atoms with Crippen molar-refractivity contribution in [3.8, 4) is 0 Å². The van der Waals surface area contributed by atoms with E-state index in [4.69, 9.17) is 0 Å². The molecule has 2 N–H and O–H groups in total. The molecule has 0 bridgehead atoms. The van der Waals surface area contributed by atoms with Gasteiger partial charge in [0.2, 0.25) is 5.91 Å². The maximum atomic E-state index is 12.5. The lowest BCUT2D eigenvalue weighted by Crippen LogP contribution is -2.39. The van der Waals surface area contributed by atoms with Crippen LogP contribution in [-0.2, 0) is 4.79 Å². The summed E-state index contributed by atoms with van der Waals surface area (Å²) in [6.45, 7) is 7.39. The van der Waals surface area contributed by atoms with Crippen LogP contribution in [-0.4, -0.2) is 43.0 Å². The predicted molar refractivity (Wildman–Crippen MR) is 120 cm³/mol. The Morgan fingerprint density at radius 2 is 2.07 bits per heavy atom. The number of urea groups is 1. The Bertz CT molecular complexity index is 805. The molecular formula is C22H30N4O2S. The summed E-state index contributed by atoms with van der Waals surface area (Å²) in [5.74, 6) is 0.149. The molecule has 1 fully saturated rings. The summed E-state index contributed by atoms with van der Waals surface area (Å²) in [7, 11) is 0. The maximum absolute atomic E-state index is 12.5. The molecule has 3 amide bonds. The van der Waals surface area contributed by atoms with Gasteiger partial charge >= 0.3 is 6.03 Å². The molecule has 1 aromatic carbocycles. The van der Waals surface area contributed by atoms with E-state index in [1.54, 1.807) is 16.2 Å². The molecule has 0 unspecified atom stereocenters. The van der Waals surface area contributed by atoms with Gasteiger partial charge in [-0.25, -0.2) is 4.79 Å². The van der Waals surface area contributed by atoms with E-state index >= 15 is 0 Å². The summed E-state index contributed by atoms with van der Waals surface area (Å²) in [4.78, 5) is 28.8. The van der Waals surface area contributed by atoms with Crippen LogP contribution in [0.15, 0.2) is 41.1 Å². The normalized spacial score (nSPS) is 15.4. The number of likely N-dealkylation sites (N-methyl/N-ethyl adjacent to an activating group) is 1. The Balaban J connectivity index is 1.61. The number of carbonyl (C=O) groups is 2. The fraction of sp³-hybridized carbons (Fsp3) is 0.455. The first-order valence-corrected chi connectivity index (χ1v) is 11.3. The monoisotopic (exact) mass is 414 g/mol. The van der Waals surface area contributed by atoms with Crippen LogP contribution in [0.5, 0.6) is 0 Å². The van der Waals surface area contributed by atoms with E-state index < -0.39 is 0 Å². The highest BCUT2D eigenvalue weighted by atomic mass is 32.1. The molecule has 7 heteroatoms. The quantitative estimate of drug-likeness (QED) is 0.670. The highest BCUT2D eigenvalue weighted by Crippen LogP contribution is 2.24. The summed E-state index contributed by atoms with van der Waals surface area (Å²) in [5.41, 5.74) is 2.75. The molecule has 1 aromatic heterocycles. The van der Waals surface area contributed by atoms with E-state index in [9.17, 15) is 9.59 Å². The largest absolute Gasteiger partial charge is 0.336 e. The summed E-state index contributed by atoms with van der Waals surface area (Å²) < 4.78 is 0. The molecule has 0 spiro atoms. The number of hydrogen-bond donors (Lipinski definition) is 2. The number of carbonyl (C=O) groups excluding carboxylic acids is 2. The smallest absolute Gasteiger partial charge is 0.319 e. The third kappa shape index (κ3) is 5.58. The van der Waals surface area contributed by atoms with Crippen LogP contribution in [0.4, 0.5) is 16.2 Å². The molecule has 1 atom stereocenters. The third-order valence-corrected chi connectivity index (χ3v) is 6.08. The average Bonchev–Trinajstić information content (AvgIpc) is 3.26. The third-order valence-electron chi connectivity index (χ3n) is 5.38.